The molecular formula is C13H19N. The van der Waals surface area contributed by atoms with E-state index in [9.17, 15) is 0 Å². The highest BCUT2D eigenvalue weighted by Crippen LogP contribution is 2.21. The summed E-state index contributed by atoms with van der Waals surface area (Å²) in [6.45, 7) is 6.63. The highest BCUT2D eigenvalue weighted by molar-refractivity contribution is 5.84. The zero-order chi connectivity index (χ0) is 10.6. The first kappa shape index (κ1) is 11.0. The molecule has 0 bridgehead atoms. The van der Waals surface area contributed by atoms with Gasteiger partial charge in [0, 0.05) is 13.3 Å². The third kappa shape index (κ3) is 2.22. The second-order valence-corrected chi connectivity index (χ2v) is 3.82. The van der Waals surface area contributed by atoms with Crippen LogP contribution in [0.3, 0.4) is 0 Å². The predicted octanol–water partition coefficient (Wildman–Crippen LogP) is 3.42. The molecule has 14 heavy (non-hydrogen) atoms. The SMILES string of the molecule is CCc1cccc(C(C)C)c1C=NC. The first-order chi connectivity index (χ1) is 6.70. The Kier molecular flexibility index (Phi) is 3.87. The van der Waals surface area contributed by atoms with Gasteiger partial charge in [-0.25, -0.2) is 0 Å². The smallest absolute Gasteiger partial charge is 0.0287 e. The van der Waals surface area contributed by atoms with E-state index in [1.807, 2.05) is 13.3 Å². The molecule has 1 aromatic rings. The molecular weight excluding hydrogens is 170 g/mol. The van der Waals surface area contributed by atoms with Gasteiger partial charge in [-0.15, -0.1) is 0 Å². The van der Waals surface area contributed by atoms with E-state index in [1.54, 1.807) is 0 Å². The first-order valence-electron chi connectivity index (χ1n) is 5.24. The van der Waals surface area contributed by atoms with Gasteiger partial charge in [0.2, 0.25) is 0 Å². The average Bonchev–Trinajstić information content (AvgIpc) is 2.18. The van der Waals surface area contributed by atoms with Crippen molar-refractivity contribution in [2.24, 2.45) is 4.99 Å². The lowest BCUT2D eigenvalue weighted by molar-refractivity contribution is 0.860. The first-order valence-corrected chi connectivity index (χ1v) is 5.24. The molecule has 0 N–H and O–H groups in total. The van der Waals surface area contributed by atoms with Crippen LogP contribution in [0.25, 0.3) is 0 Å². The molecule has 0 fully saturated rings. The third-order valence-corrected chi connectivity index (χ3v) is 2.49. The monoisotopic (exact) mass is 189 g/mol. The number of hydrogen-bond acceptors (Lipinski definition) is 1. The molecule has 0 amide bonds. The van der Waals surface area contributed by atoms with Crippen molar-refractivity contribution in [2.75, 3.05) is 7.05 Å². The topological polar surface area (TPSA) is 12.4 Å². The molecule has 0 atom stereocenters. The van der Waals surface area contributed by atoms with Gasteiger partial charge >= 0.3 is 0 Å². The number of nitrogens with zero attached hydrogens (tertiary/aromatic N) is 1. The fourth-order valence-electron chi connectivity index (χ4n) is 1.73. The van der Waals surface area contributed by atoms with Crippen LogP contribution in [0.15, 0.2) is 23.2 Å². The van der Waals surface area contributed by atoms with Gasteiger partial charge in [-0.3, -0.25) is 4.99 Å². The molecule has 0 saturated carbocycles. The molecule has 0 spiro atoms. The van der Waals surface area contributed by atoms with Gasteiger partial charge in [0.25, 0.3) is 0 Å². The number of rotatable bonds is 3. The zero-order valence-corrected chi connectivity index (χ0v) is 9.54. The zero-order valence-electron chi connectivity index (χ0n) is 9.54. The Morgan fingerprint density at radius 2 is 2.07 bits per heavy atom. The Hall–Kier alpha value is -1.11. The van der Waals surface area contributed by atoms with Crippen molar-refractivity contribution in [1.29, 1.82) is 0 Å². The minimum absolute atomic E-state index is 0.564. The van der Waals surface area contributed by atoms with Crippen LogP contribution in [0, 0.1) is 0 Å². The number of aliphatic imine (C=N–C) groups is 1. The predicted molar refractivity (Wildman–Crippen MR) is 63.4 cm³/mol. The van der Waals surface area contributed by atoms with Gasteiger partial charge in [-0.05, 0) is 29.0 Å². The fraction of sp³-hybridized carbons (Fsp3) is 0.462. The van der Waals surface area contributed by atoms with Gasteiger partial charge in [-0.2, -0.15) is 0 Å². The van der Waals surface area contributed by atoms with Crippen molar-refractivity contribution in [2.45, 2.75) is 33.1 Å². The minimum Gasteiger partial charge on any atom is -0.296 e. The summed E-state index contributed by atoms with van der Waals surface area (Å²) < 4.78 is 0. The third-order valence-electron chi connectivity index (χ3n) is 2.49. The van der Waals surface area contributed by atoms with Gasteiger partial charge in [0.05, 0.1) is 0 Å². The van der Waals surface area contributed by atoms with Crippen LogP contribution >= 0.6 is 0 Å². The van der Waals surface area contributed by atoms with Gasteiger partial charge in [0.15, 0.2) is 0 Å². The van der Waals surface area contributed by atoms with Crippen LogP contribution in [0.5, 0.6) is 0 Å². The lowest BCUT2D eigenvalue weighted by Gasteiger charge is -2.12. The van der Waals surface area contributed by atoms with E-state index >= 15 is 0 Å². The average molecular weight is 189 g/mol. The molecule has 76 valence electrons. The summed E-state index contributed by atoms with van der Waals surface area (Å²) in [4.78, 5) is 4.13. The Balaban J connectivity index is 3.27. The van der Waals surface area contributed by atoms with Crippen molar-refractivity contribution >= 4 is 6.21 Å². The Morgan fingerprint density at radius 1 is 1.36 bits per heavy atom. The molecule has 0 aliphatic rings. The number of hydrogen-bond donors (Lipinski definition) is 0. The van der Waals surface area contributed by atoms with E-state index in [0.717, 1.165) is 6.42 Å². The van der Waals surface area contributed by atoms with E-state index in [-0.39, 0.29) is 0 Å². The van der Waals surface area contributed by atoms with E-state index in [1.165, 1.54) is 16.7 Å². The van der Waals surface area contributed by atoms with E-state index in [4.69, 9.17) is 0 Å². The molecule has 0 aromatic heterocycles. The molecule has 0 aliphatic carbocycles. The van der Waals surface area contributed by atoms with Crippen LogP contribution < -0.4 is 0 Å². The maximum Gasteiger partial charge on any atom is 0.0287 e. The number of aryl methyl sites for hydroxylation is 1. The quantitative estimate of drug-likeness (QED) is 0.646. The van der Waals surface area contributed by atoms with E-state index < -0.39 is 0 Å². The molecule has 0 heterocycles. The van der Waals surface area contributed by atoms with Gasteiger partial charge in [-0.1, -0.05) is 39.0 Å². The summed E-state index contributed by atoms with van der Waals surface area (Å²) in [6, 6.07) is 6.52. The van der Waals surface area contributed by atoms with E-state index in [2.05, 4.69) is 44.0 Å². The molecule has 1 aromatic carbocycles. The summed E-state index contributed by atoms with van der Waals surface area (Å²) in [5.74, 6) is 0.564. The Bertz CT molecular complexity index is 324. The molecule has 0 saturated heterocycles. The standard InChI is InChI=1S/C13H19N/c1-5-11-7-6-8-12(10(2)3)13(11)9-14-4/h6-10H,5H2,1-4H3. The molecule has 1 heteroatoms. The van der Waals surface area contributed by atoms with Crippen LogP contribution in [0.4, 0.5) is 0 Å². The summed E-state index contributed by atoms with van der Waals surface area (Å²) >= 11 is 0. The maximum atomic E-state index is 4.13. The number of benzene rings is 1. The summed E-state index contributed by atoms with van der Waals surface area (Å²) in [5.41, 5.74) is 4.10. The highest BCUT2D eigenvalue weighted by Gasteiger charge is 2.07. The summed E-state index contributed by atoms with van der Waals surface area (Å²) in [6.07, 6.45) is 3.05. The Morgan fingerprint density at radius 3 is 2.57 bits per heavy atom. The molecule has 0 radical (unpaired) electrons. The van der Waals surface area contributed by atoms with Crippen molar-refractivity contribution < 1.29 is 0 Å². The highest BCUT2D eigenvalue weighted by atomic mass is 14.6. The molecule has 0 aliphatic heterocycles. The second-order valence-electron chi connectivity index (χ2n) is 3.82. The second kappa shape index (κ2) is 4.94. The fourth-order valence-corrected chi connectivity index (χ4v) is 1.73. The Labute approximate surface area is 86.9 Å². The van der Waals surface area contributed by atoms with Gasteiger partial charge < -0.3 is 0 Å². The summed E-state index contributed by atoms with van der Waals surface area (Å²) in [5, 5.41) is 0. The largest absolute Gasteiger partial charge is 0.296 e. The molecule has 1 rings (SSSR count). The van der Waals surface area contributed by atoms with E-state index in [0.29, 0.717) is 5.92 Å². The van der Waals surface area contributed by atoms with Crippen molar-refractivity contribution in [3.63, 3.8) is 0 Å². The van der Waals surface area contributed by atoms with Crippen LogP contribution in [0.1, 0.15) is 43.4 Å². The minimum atomic E-state index is 0.564. The normalized spacial score (nSPS) is 11.5. The van der Waals surface area contributed by atoms with Crippen LogP contribution in [-0.2, 0) is 6.42 Å². The van der Waals surface area contributed by atoms with Gasteiger partial charge in [0.1, 0.15) is 0 Å². The summed E-state index contributed by atoms with van der Waals surface area (Å²) in [7, 11) is 1.83. The van der Waals surface area contributed by atoms with Crippen molar-refractivity contribution in [3.8, 4) is 0 Å². The van der Waals surface area contributed by atoms with Crippen molar-refractivity contribution in [3.05, 3.63) is 34.9 Å². The van der Waals surface area contributed by atoms with Crippen LogP contribution in [-0.4, -0.2) is 13.3 Å². The van der Waals surface area contributed by atoms with Crippen molar-refractivity contribution in [1.82, 2.24) is 0 Å². The lowest BCUT2D eigenvalue weighted by atomic mass is 9.93. The lowest BCUT2D eigenvalue weighted by Crippen LogP contribution is -2.00. The molecule has 1 nitrogen and oxygen atoms in total. The van der Waals surface area contributed by atoms with Crippen LogP contribution in [0.2, 0.25) is 0 Å². The maximum absolute atomic E-state index is 4.13. The molecule has 0 unspecified atom stereocenters.